The van der Waals surface area contributed by atoms with Crippen LogP contribution in [0.25, 0.3) is 0 Å². The lowest BCUT2D eigenvalue weighted by molar-refractivity contribution is 0.886. The summed E-state index contributed by atoms with van der Waals surface area (Å²) in [6.07, 6.45) is 5.66. The summed E-state index contributed by atoms with van der Waals surface area (Å²) < 4.78 is 1.17. The van der Waals surface area contributed by atoms with E-state index >= 15 is 0 Å². The molecule has 2 rings (SSSR count). The summed E-state index contributed by atoms with van der Waals surface area (Å²) in [7, 11) is 0. The number of thioether (sulfide) groups is 1. The second-order valence-electron chi connectivity index (χ2n) is 3.48. The fourth-order valence-electron chi connectivity index (χ4n) is 1.71. The Morgan fingerprint density at radius 2 is 1.69 bits per heavy atom. The van der Waals surface area contributed by atoms with Crippen LogP contribution < -0.4 is 0 Å². The first-order valence-corrected chi connectivity index (χ1v) is 6.44. The van der Waals surface area contributed by atoms with Crippen molar-refractivity contribution in [2.75, 3.05) is 0 Å². The maximum absolute atomic E-state index is 3.45. The van der Waals surface area contributed by atoms with Gasteiger partial charge in [0.2, 0.25) is 0 Å². The van der Waals surface area contributed by atoms with Crippen LogP contribution in [0.2, 0.25) is 0 Å². The molecular weight excluding hydrogens is 244 g/mol. The molecule has 0 amide bonds. The van der Waals surface area contributed by atoms with E-state index in [-0.39, 0.29) is 0 Å². The van der Waals surface area contributed by atoms with E-state index in [9.17, 15) is 0 Å². The van der Waals surface area contributed by atoms with Crippen LogP contribution >= 0.6 is 27.7 Å². The summed E-state index contributed by atoms with van der Waals surface area (Å²) in [4.78, 5) is 1.41. The summed E-state index contributed by atoms with van der Waals surface area (Å²) in [5.74, 6) is 0. The van der Waals surface area contributed by atoms with Crippen LogP contribution in [0.5, 0.6) is 0 Å². The molecule has 0 unspecified atom stereocenters. The molecule has 13 heavy (non-hydrogen) atoms. The molecule has 1 saturated carbocycles. The zero-order chi connectivity index (χ0) is 9.10. The molecule has 1 aromatic rings. The highest BCUT2D eigenvalue weighted by atomic mass is 79.9. The predicted molar refractivity (Wildman–Crippen MR) is 62.3 cm³/mol. The molecule has 0 atom stereocenters. The zero-order valence-corrected chi connectivity index (χ0v) is 9.90. The molecular formula is C11H13BrS. The second kappa shape index (κ2) is 4.52. The van der Waals surface area contributed by atoms with Crippen molar-refractivity contribution >= 4 is 27.7 Å². The van der Waals surface area contributed by atoms with Gasteiger partial charge in [-0.25, -0.2) is 0 Å². The monoisotopic (exact) mass is 256 g/mol. The number of halogens is 1. The Morgan fingerprint density at radius 1 is 1.08 bits per heavy atom. The molecule has 0 heterocycles. The van der Waals surface area contributed by atoms with E-state index in [0.29, 0.717) is 0 Å². The normalized spacial score (nSPS) is 17.9. The summed E-state index contributed by atoms with van der Waals surface area (Å²) in [5, 5.41) is 0.876. The van der Waals surface area contributed by atoms with Gasteiger partial charge in [-0.2, -0.15) is 0 Å². The van der Waals surface area contributed by atoms with Crippen molar-refractivity contribution < 1.29 is 0 Å². The largest absolute Gasteiger partial charge is 0.123 e. The third kappa shape index (κ3) is 2.75. The lowest BCUT2D eigenvalue weighted by atomic mass is 10.4. The number of hydrogen-bond donors (Lipinski definition) is 0. The molecule has 1 aliphatic rings. The Labute approximate surface area is 92.2 Å². The zero-order valence-electron chi connectivity index (χ0n) is 7.50. The Bertz CT molecular complexity index is 262. The van der Waals surface area contributed by atoms with Crippen LogP contribution in [0, 0.1) is 0 Å². The van der Waals surface area contributed by atoms with Crippen LogP contribution in [-0.4, -0.2) is 5.25 Å². The third-order valence-electron chi connectivity index (χ3n) is 2.42. The predicted octanol–water partition coefficient (Wildman–Crippen LogP) is 4.48. The first-order chi connectivity index (χ1) is 6.34. The summed E-state index contributed by atoms with van der Waals surface area (Å²) >= 11 is 5.49. The minimum Gasteiger partial charge on any atom is -0.123 e. The van der Waals surface area contributed by atoms with Crippen molar-refractivity contribution in [3.8, 4) is 0 Å². The molecule has 1 aliphatic carbocycles. The van der Waals surface area contributed by atoms with Gasteiger partial charge in [0, 0.05) is 14.6 Å². The van der Waals surface area contributed by atoms with Gasteiger partial charge in [-0.3, -0.25) is 0 Å². The maximum atomic E-state index is 3.45. The first kappa shape index (κ1) is 9.60. The van der Waals surface area contributed by atoms with E-state index in [0.717, 1.165) is 5.25 Å². The van der Waals surface area contributed by atoms with E-state index in [1.807, 2.05) is 11.8 Å². The first-order valence-electron chi connectivity index (χ1n) is 4.77. The highest BCUT2D eigenvalue weighted by Gasteiger charge is 2.15. The van der Waals surface area contributed by atoms with Gasteiger partial charge >= 0.3 is 0 Å². The highest BCUT2D eigenvalue weighted by molar-refractivity contribution is 9.10. The molecule has 1 aromatic carbocycles. The number of benzene rings is 1. The molecule has 0 spiro atoms. The molecule has 0 aliphatic heterocycles. The third-order valence-corrected chi connectivity index (χ3v) is 4.30. The number of hydrogen-bond acceptors (Lipinski definition) is 1. The standard InChI is InChI=1S/C11H13BrS/c12-9-5-7-11(8-6-9)13-10-3-1-2-4-10/h5-8,10H,1-4H2. The van der Waals surface area contributed by atoms with E-state index in [2.05, 4.69) is 40.2 Å². The van der Waals surface area contributed by atoms with Gasteiger partial charge < -0.3 is 0 Å². The van der Waals surface area contributed by atoms with E-state index in [1.165, 1.54) is 35.1 Å². The Balaban J connectivity index is 1.97. The molecule has 1 fully saturated rings. The molecule has 70 valence electrons. The Kier molecular flexibility index (Phi) is 3.33. The second-order valence-corrected chi connectivity index (χ2v) is 5.77. The Hall–Kier alpha value is 0.0500. The van der Waals surface area contributed by atoms with Gasteiger partial charge in [-0.05, 0) is 37.1 Å². The average Bonchev–Trinajstić information content (AvgIpc) is 2.62. The van der Waals surface area contributed by atoms with Crippen molar-refractivity contribution in [3.63, 3.8) is 0 Å². The molecule has 0 aromatic heterocycles. The van der Waals surface area contributed by atoms with Crippen molar-refractivity contribution in [3.05, 3.63) is 28.7 Å². The highest BCUT2D eigenvalue weighted by Crippen LogP contribution is 2.34. The topological polar surface area (TPSA) is 0 Å². The fourth-order valence-corrected chi connectivity index (χ4v) is 3.22. The van der Waals surface area contributed by atoms with Crippen LogP contribution in [0.4, 0.5) is 0 Å². The summed E-state index contributed by atoms with van der Waals surface area (Å²) in [6.45, 7) is 0. The van der Waals surface area contributed by atoms with E-state index < -0.39 is 0 Å². The lowest BCUT2D eigenvalue weighted by Gasteiger charge is -2.07. The van der Waals surface area contributed by atoms with Gasteiger partial charge in [0.05, 0.1) is 0 Å². The molecule has 0 nitrogen and oxygen atoms in total. The maximum Gasteiger partial charge on any atom is 0.0176 e. The van der Waals surface area contributed by atoms with Crippen molar-refractivity contribution in [2.45, 2.75) is 35.8 Å². The molecule has 0 radical (unpaired) electrons. The van der Waals surface area contributed by atoms with Crippen LogP contribution in [0.15, 0.2) is 33.6 Å². The van der Waals surface area contributed by atoms with Crippen LogP contribution in [-0.2, 0) is 0 Å². The van der Waals surface area contributed by atoms with E-state index in [4.69, 9.17) is 0 Å². The van der Waals surface area contributed by atoms with Gasteiger partial charge in [0.25, 0.3) is 0 Å². The lowest BCUT2D eigenvalue weighted by Crippen LogP contribution is -1.92. The quantitative estimate of drug-likeness (QED) is 0.752. The van der Waals surface area contributed by atoms with Gasteiger partial charge in [-0.15, -0.1) is 11.8 Å². The molecule has 2 heteroatoms. The summed E-state index contributed by atoms with van der Waals surface area (Å²) in [6, 6.07) is 8.65. The van der Waals surface area contributed by atoms with Gasteiger partial charge in [-0.1, -0.05) is 28.8 Å². The average molecular weight is 257 g/mol. The van der Waals surface area contributed by atoms with Crippen LogP contribution in [0.3, 0.4) is 0 Å². The van der Waals surface area contributed by atoms with Crippen LogP contribution in [0.1, 0.15) is 25.7 Å². The van der Waals surface area contributed by atoms with Crippen molar-refractivity contribution in [1.29, 1.82) is 0 Å². The molecule has 0 saturated heterocycles. The summed E-state index contributed by atoms with van der Waals surface area (Å²) in [5.41, 5.74) is 0. The van der Waals surface area contributed by atoms with Crippen molar-refractivity contribution in [1.82, 2.24) is 0 Å². The fraction of sp³-hybridized carbons (Fsp3) is 0.455. The Morgan fingerprint density at radius 3 is 2.31 bits per heavy atom. The minimum atomic E-state index is 0.876. The minimum absolute atomic E-state index is 0.876. The smallest absolute Gasteiger partial charge is 0.0176 e. The van der Waals surface area contributed by atoms with Gasteiger partial charge in [0.1, 0.15) is 0 Å². The number of rotatable bonds is 2. The SMILES string of the molecule is Brc1ccc(SC2CCCC2)cc1. The van der Waals surface area contributed by atoms with Crippen molar-refractivity contribution in [2.24, 2.45) is 0 Å². The molecule has 0 bridgehead atoms. The van der Waals surface area contributed by atoms with Gasteiger partial charge in [0.15, 0.2) is 0 Å². The van der Waals surface area contributed by atoms with E-state index in [1.54, 1.807) is 0 Å². The molecule has 0 N–H and O–H groups in total.